The minimum Gasteiger partial charge on any atom is -0.370 e. The van der Waals surface area contributed by atoms with Crippen LogP contribution < -0.4 is 21.7 Å². The molecule has 1 aromatic carbocycles. The van der Waals surface area contributed by atoms with Gasteiger partial charge in [-0.2, -0.15) is 0 Å². The third kappa shape index (κ3) is 3.61. The van der Waals surface area contributed by atoms with Gasteiger partial charge in [0.1, 0.15) is 0 Å². The minimum absolute atomic E-state index is 0.0231. The van der Waals surface area contributed by atoms with Crippen molar-refractivity contribution in [2.24, 2.45) is 16.5 Å². The third-order valence-electron chi connectivity index (χ3n) is 3.07. The molecule has 1 heterocycles. The van der Waals surface area contributed by atoms with Crippen LogP contribution in [0, 0.1) is 0 Å². The summed E-state index contributed by atoms with van der Waals surface area (Å²) >= 11 is 0. The van der Waals surface area contributed by atoms with Crippen LogP contribution in [0.1, 0.15) is 13.3 Å². The minimum atomic E-state index is 0.0231. The molecule has 6 nitrogen and oxygen atoms in total. The number of carbonyl (C=O) groups is 1. The fourth-order valence-electron chi connectivity index (χ4n) is 2.29. The zero-order valence-corrected chi connectivity index (χ0v) is 11.0. The predicted molar refractivity (Wildman–Crippen MR) is 76.3 cm³/mol. The Labute approximate surface area is 112 Å². The first-order chi connectivity index (χ1) is 9.04. The van der Waals surface area contributed by atoms with Gasteiger partial charge in [0.25, 0.3) is 0 Å². The van der Waals surface area contributed by atoms with Gasteiger partial charge in [0, 0.05) is 31.7 Å². The first kappa shape index (κ1) is 13.2. The van der Waals surface area contributed by atoms with Gasteiger partial charge in [-0.05, 0) is 30.7 Å². The van der Waals surface area contributed by atoms with Crippen molar-refractivity contribution in [2.75, 3.05) is 18.0 Å². The van der Waals surface area contributed by atoms with E-state index < -0.39 is 0 Å². The van der Waals surface area contributed by atoms with Gasteiger partial charge in [0.05, 0.1) is 5.69 Å². The predicted octanol–water partition coefficient (Wildman–Crippen LogP) is 0.306. The summed E-state index contributed by atoms with van der Waals surface area (Å²) in [5, 5.41) is 2.94. The van der Waals surface area contributed by atoms with Crippen LogP contribution in [0.2, 0.25) is 0 Å². The number of carbonyl (C=O) groups excluding carboxylic acids is 1. The molecule has 1 aliphatic heterocycles. The molecule has 0 bridgehead atoms. The summed E-state index contributed by atoms with van der Waals surface area (Å²) in [6, 6.07) is 7.95. The first-order valence-corrected chi connectivity index (χ1v) is 6.26. The molecular weight excluding hydrogens is 242 g/mol. The standard InChI is InChI=1S/C13H19N5O/c1-9(19)16-11-6-7-18(8-11)12-4-2-10(3-5-12)17-13(14)15/h2-5,11H,6-8H2,1H3,(H,16,19)(H4,14,15,17)/t11-/m1/s1. The molecule has 0 spiro atoms. The zero-order valence-electron chi connectivity index (χ0n) is 11.0. The van der Waals surface area contributed by atoms with Gasteiger partial charge in [-0.15, -0.1) is 0 Å². The number of anilines is 1. The van der Waals surface area contributed by atoms with Crippen LogP contribution in [0.15, 0.2) is 29.3 Å². The molecule has 2 rings (SSSR count). The van der Waals surface area contributed by atoms with E-state index in [4.69, 9.17) is 11.5 Å². The maximum Gasteiger partial charge on any atom is 0.217 e. The van der Waals surface area contributed by atoms with Crippen LogP contribution in [0.3, 0.4) is 0 Å². The van der Waals surface area contributed by atoms with Gasteiger partial charge >= 0.3 is 0 Å². The number of hydrogen-bond acceptors (Lipinski definition) is 3. The molecule has 0 aliphatic carbocycles. The molecule has 102 valence electrons. The fourth-order valence-corrected chi connectivity index (χ4v) is 2.29. The molecule has 19 heavy (non-hydrogen) atoms. The highest BCUT2D eigenvalue weighted by Gasteiger charge is 2.22. The van der Waals surface area contributed by atoms with Gasteiger partial charge in [0.15, 0.2) is 5.96 Å². The molecule has 1 atom stereocenters. The largest absolute Gasteiger partial charge is 0.370 e. The lowest BCUT2D eigenvalue weighted by atomic mass is 10.2. The molecule has 6 heteroatoms. The number of hydrogen-bond donors (Lipinski definition) is 3. The van der Waals surface area contributed by atoms with Crippen LogP contribution in [0.5, 0.6) is 0 Å². The van der Waals surface area contributed by atoms with Crippen molar-refractivity contribution >= 4 is 23.2 Å². The Kier molecular flexibility index (Phi) is 3.89. The number of nitrogens with zero attached hydrogens (tertiary/aromatic N) is 2. The van der Waals surface area contributed by atoms with Crippen molar-refractivity contribution in [2.45, 2.75) is 19.4 Å². The maximum atomic E-state index is 11.0. The van der Waals surface area contributed by atoms with Crippen molar-refractivity contribution in [3.8, 4) is 0 Å². The van der Waals surface area contributed by atoms with Crippen LogP contribution >= 0.6 is 0 Å². The Morgan fingerprint density at radius 1 is 1.37 bits per heavy atom. The summed E-state index contributed by atoms with van der Waals surface area (Å²) in [7, 11) is 0. The molecule has 1 aliphatic rings. The second-order valence-electron chi connectivity index (χ2n) is 4.69. The number of guanidine groups is 1. The van der Waals surface area contributed by atoms with E-state index in [2.05, 4.69) is 15.2 Å². The highest BCUT2D eigenvalue weighted by molar-refractivity contribution is 5.79. The molecule has 5 N–H and O–H groups in total. The molecular formula is C13H19N5O. The lowest BCUT2D eigenvalue weighted by Gasteiger charge is -2.18. The summed E-state index contributed by atoms with van der Waals surface area (Å²) in [6.07, 6.45) is 0.967. The van der Waals surface area contributed by atoms with Gasteiger partial charge in [-0.3, -0.25) is 4.79 Å². The lowest BCUT2D eigenvalue weighted by Crippen LogP contribution is -2.35. The Morgan fingerprint density at radius 2 is 2.05 bits per heavy atom. The van der Waals surface area contributed by atoms with Gasteiger partial charge in [-0.1, -0.05) is 0 Å². The number of nitrogens with two attached hydrogens (primary N) is 2. The monoisotopic (exact) mass is 261 g/mol. The van der Waals surface area contributed by atoms with Crippen LogP contribution in [-0.4, -0.2) is 31.0 Å². The lowest BCUT2D eigenvalue weighted by molar-refractivity contribution is -0.119. The quantitative estimate of drug-likeness (QED) is 0.539. The summed E-state index contributed by atoms with van der Waals surface area (Å²) in [5.74, 6) is 0.0783. The Bertz CT molecular complexity index is 478. The molecule has 0 aromatic heterocycles. The number of aliphatic imine (C=N–C) groups is 1. The van der Waals surface area contributed by atoms with E-state index in [0.717, 1.165) is 30.9 Å². The Hall–Kier alpha value is -2.24. The highest BCUT2D eigenvalue weighted by Crippen LogP contribution is 2.23. The maximum absolute atomic E-state index is 11.0. The van der Waals surface area contributed by atoms with Crippen molar-refractivity contribution < 1.29 is 4.79 Å². The van der Waals surface area contributed by atoms with Crippen molar-refractivity contribution in [3.05, 3.63) is 24.3 Å². The summed E-state index contributed by atoms with van der Waals surface area (Å²) in [4.78, 5) is 17.2. The SMILES string of the molecule is CC(=O)N[C@@H]1CCN(c2ccc(N=C(N)N)cc2)C1. The number of benzene rings is 1. The topological polar surface area (TPSA) is 96.7 Å². The van der Waals surface area contributed by atoms with E-state index in [0.29, 0.717) is 0 Å². The molecule has 0 radical (unpaired) electrons. The van der Waals surface area contributed by atoms with Crippen molar-refractivity contribution in [3.63, 3.8) is 0 Å². The highest BCUT2D eigenvalue weighted by atomic mass is 16.1. The fraction of sp³-hybridized carbons (Fsp3) is 0.385. The summed E-state index contributed by atoms with van der Waals surface area (Å²) < 4.78 is 0. The molecule has 1 fully saturated rings. The summed E-state index contributed by atoms with van der Waals surface area (Å²) in [5.41, 5.74) is 12.5. The average molecular weight is 261 g/mol. The van der Waals surface area contributed by atoms with E-state index in [1.807, 2.05) is 24.3 Å². The van der Waals surface area contributed by atoms with E-state index in [9.17, 15) is 4.79 Å². The van der Waals surface area contributed by atoms with Crippen LogP contribution in [0.25, 0.3) is 0 Å². The Morgan fingerprint density at radius 3 is 2.63 bits per heavy atom. The van der Waals surface area contributed by atoms with E-state index in [1.165, 1.54) is 0 Å². The third-order valence-corrected chi connectivity index (χ3v) is 3.07. The molecule has 0 saturated carbocycles. The average Bonchev–Trinajstić information content (AvgIpc) is 2.76. The number of rotatable bonds is 3. The second kappa shape index (κ2) is 5.60. The van der Waals surface area contributed by atoms with Crippen LogP contribution in [-0.2, 0) is 4.79 Å². The zero-order chi connectivity index (χ0) is 13.8. The summed E-state index contributed by atoms with van der Waals surface area (Å²) in [6.45, 7) is 3.32. The van der Waals surface area contributed by atoms with Gasteiger partial charge in [0.2, 0.25) is 5.91 Å². The van der Waals surface area contributed by atoms with E-state index in [1.54, 1.807) is 6.92 Å². The smallest absolute Gasteiger partial charge is 0.217 e. The molecule has 1 aromatic rings. The van der Waals surface area contributed by atoms with Crippen molar-refractivity contribution in [1.82, 2.24) is 5.32 Å². The first-order valence-electron chi connectivity index (χ1n) is 6.26. The van der Waals surface area contributed by atoms with Crippen LogP contribution in [0.4, 0.5) is 11.4 Å². The van der Waals surface area contributed by atoms with E-state index in [-0.39, 0.29) is 17.9 Å². The Balaban J connectivity index is 2.00. The second-order valence-corrected chi connectivity index (χ2v) is 4.69. The number of nitrogens with one attached hydrogen (secondary N) is 1. The van der Waals surface area contributed by atoms with Gasteiger partial charge < -0.3 is 21.7 Å². The normalized spacial score (nSPS) is 18.2. The number of amides is 1. The van der Waals surface area contributed by atoms with E-state index >= 15 is 0 Å². The van der Waals surface area contributed by atoms with Crippen molar-refractivity contribution in [1.29, 1.82) is 0 Å². The molecule has 1 saturated heterocycles. The van der Waals surface area contributed by atoms with Gasteiger partial charge in [-0.25, -0.2) is 4.99 Å². The molecule has 1 amide bonds. The molecule has 0 unspecified atom stereocenters.